The summed E-state index contributed by atoms with van der Waals surface area (Å²) in [6.45, 7) is 7.77. The molecule has 3 aromatic rings. The molecule has 2 aromatic carbocycles. The molecular formula is C25H29N3O5S. The number of aromatic nitrogens is 1. The molecule has 9 heteroatoms. The molecule has 3 rings (SSSR count). The molecule has 8 nitrogen and oxygen atoms in total. The third-order valence-electron chi connectivity index (χ3n) is 5.36. The molecule has 0 saturated carbocycles. The molecule has 0 unspecified atom stereocenters. The summed E-state index contributed by atoms with van der Waals surface area (Å²) >= 11 is 0. The van der Waals surface area contributed by atoms with Gasteiger partial charge < -0.3 is 10.1 Å². The highest BCUT2D eigenvalue weighted by Gasteiger charge is 2.21. The fourth-order valence-electron chi connectivity index (χ4n) is 3.49. The number of amides is 1. The molecule has 0 aliphatic heterocycles. The van der Waals surface area contributed by atoms with Crippen molar-refractivity contribution in [3.63, 3.8) is 0 Å². The molecule has 0 saturated heterocycles. The van der Waals surface area contributed by atoms with Crippen LogP contribution in [0.2, 0.25) is 0 Å². The smallest absolute Gasteiger partial charge is 0.339 e. The third-order valence-corrected chi connectivity index (χ3v) is 7.43. The van der Waals surface area contributed by atoms with E-state index in [-0.39, 0.29) is 10.8 Å². The van der Waals surface area contributed by atoms with Crippen LogP contribution in [0.5, 0.6) is 0 Å². The predicted molar refractivity (Wildman–Crippen MR) is 131 cm³/mol. The van der Waals surface area contributed by atoms with Crippen LogP contribution in [0, 0.1) is 0 Å². The highest BCUT2D eigenvalue weighted by atomic mass is 32.2. The van der Waals surface area contributed by atoms with E-state index in [0.717, 1.165) is 5.69 Å². The lowest BCUT2D eigenvalue weighted by Gasteiger charge is -2.18. The Morgan fingerprint density at radius 1 is 1.03 bits per heavy atom. The monoisotopic (exact) mass is 483 g/mol. The molecular weight excluding hydrogens is 454 g/mol. The Morgan fingerprint density at radius 2 is 1.68 bits per heavy atom. The van der Waals surface area contributed by atoms with Gasteiger partial charge in [0.2, 0.25) is 10.0 Å². The Bertz CT molecular complexity index is 1280. The fourth-order valence-corrected chi connectivity index (χ4v) is 4.95. The maximum absolute atomic E-state index is 12.8. The summed E-state index contributed by atoms with van der Waals surface area (Å²) in [4.78, 5) is 29.8. The Morgan fingerprint density at radius 3 is 2.29 bits per heavy atom. The van der Waals surface area contributed by atoms with Crippen molar-refractivity contribution in [3.05, 3.63) is 65.9 Å². The van der Waals surface area contributed by atoms with Gasteiger partial charge in [-0.25, -0.2) is 13.2 Å². The van der Waals surface area contributed by atoms with E-state index in [9.17, 15) is 18.0 Å². The standard InChI is InChI=1S/C25H29N3O5S/c1-5-28(6-2)34(31,32)19-13-11-18(12-14-19)26-24(29)16-33-25(30)21-15-23(17(3)4)27-22-10-8-7-9-20(21)22/h7-15,17H,5-6,16H2,1-4H3,(H,26,29). The fraction of sp³-hybridized carbons (Fsp3) is 0.320. The van der Waals surface area contributed by atoms with E-state index in [4.69, 9.17) is 4.74 Å². The first-order valence-corrected chi connectivity index (χ1v) is 12.6. The SMILES string of the molecule is CCN(CC)S(=O)(=O)c1ccc(NC(=O)COC(=O)c2cc(C(C)C)nc3ccccc23)cc1. The average molecular weight is 484 g/mol. The van der Waals surface area contributed by atoms with Crippen LogP contribution in [0.25, 0.3) is 10.9 Å². The second-order valence-corrected chi connectivity index (χ2v) is 9.94. The number of fused-ring (bicyclic) bond motifs is 1. The van der Waals surface area contributed by atoms with Crippen molar-refractivity contribution in [3.8, 4) is 0 Å². The van der Waals surface area contributed by atoms with Crippen molar-refractivity contribution in [2.75, 3.05) is 25.0 Å². The van der Waals surface area contributed by atoms with Crippen LogP contribution in [0.3, 0.4) is 0 Å². The van der Waals surface area contributed by atoms with Gasteiger partial charge in [-0.3, -0.25) is 9.78 Å². The molecule has 0 aliphatic rings. The first-order valence-electron chi connectivity index (χ1n) is 11.1. The second-order valence-electron chi connectivity index (χ2n) is 8.00. The van der Waals surface area contributed by atoms with Crippen LogP contribution in [-0.4, -0.2) is 49.3 Å². The highest BCUT2D eigenvalue weighted by molar-refractivity contribution is 7.89. The van der Waals surface area contributed by atoms with E-state index in [0.29, 0.717) is 35.2 Å². The lowest BCUT2D eigenvalue weighted by molar-refractivity contribution is -0.119. The molecule has 1 heterocycles. The lowest BCUT2D eigenvalue weighted by atomic mass is 10.0. The van der Waals surface area contributed by atoms with Gasteiger partial charge in [0.25, 0.3) is 5.91 Å². The summed E-state index contributed by atoms with van der Waals surface area (Å²) < 4.78 is 31.8. The zero-order valence-corrected chi connectivity index (χ0v) is 20.6. The average Bonchev–Trinajstić information content (AvgIpc) is 2.82. The van der Waals surface area contributed by atoms with Gasteiger partial charge in [0, 0.05) is 29.9 Å². The van der Waals surface area contributed by atoms with Crippen molar-refractivity contribution in [1.29, 1.82) is 0 Å². The molecule has 0 atom stereocenters. The largest absolute Gasteiger partial charge is 0.452 e. The molecule has 1 amide bonds. The Hall–Kier alpha value is -3.30. The molecule has 34 heavy (non-hydrogen) atoms. The minimum Gasteiger partial charge on any atom is -0.452 e. The van der Waals surface area contributed by atoms with E-state index in [2.05, 4.69) is 10.3 Å². The summed E-state index contributed by atoms with van der Waals surface area (Å²) in [6.07, 6.45) is 0. The molecule has 1 aromatic heterocycles. The lowest BCUT2D eigenvalue weighted by Crippen LogP contribution is -2.30. The zero-order valence-electron chi connectivity index (χ0n) is 19.7. The number of hydrogen-bond donors (Lipinski definition) is 1. The third kappa shape index (κ3) is 5.60. The zero-order chi connectivity index (χ0) is 24.9. The molecule has 0 aliphatic carbocycles. The number of esters is 1. The van der Waals surface area contributed by atoms with E-state index >= 15 is 0 Å². The van der Waals surface area contributed by atoms with Crippen molar-refractivity contribution in [2.45, 2.75) is 38.5 Å². The van der Waals surface area contributed by atoms with Gasteiger partial charge >= 0.3 is 5.97 Å². The summed E-state index contributed by atoms with van der Waals surface area (Å²) in [5, 5.41) is 3.27. The van der Waals surface area contributed by atoms with E-state index in [1.165, 1.54) is 28.6 Å². The summed E-state index contributed by atoms with van der Waals surface area (Å²) in [5.74, 6) is -1.03. The number of ether oxygens (including phenoxy) is 1. The number of pyridine rings is 1. The minimum absolute atomic E-state index is 0.118. The highest BCUT2D eigenvalue weighted by Crippen LogP contribution is 2.23. The summed E-state index contributed by atoms with van der Waals surface area (Å²) in [5.41, 5.74) is 2.20. The molecule has 0 radical (unpaired) electrons. The number of carbonyl (C=O) groups excluding carboxylic acids is 2. The quantitative estimate of drug-likeness (QED) is 0.458. The Labute approximate surface area is 200 Å². The Kier molecular flexibility index (Phi) is 8.01. The number of rotatable bonds is 9. The number of sulfonamides is 1. The van der Waals surface area contributed by atoms with Crippen molar-refractivity contribution < 1.29 is 22.7 Å². The van der Waals surface area contributed by atoms with Gasteiger partial charge in [-0.2, -0.15) is 4.31 Å². The normalized spacial score (nSPS) is 11.7. The van der Waals surface area contributed by atoms with E-state index in [1.807, 2.05) is 32.0 Å². The number of nitrogens with zero attached hydrogens (tertiary/aromatic N) is 2. The molecule has 1 N–H and O–H groups in total. The van der Waals surface area contributed by atoms with Gasteiger partial charge in [0.15, 0.2) is 6.61 Å². The summed E-state index contributed by atoms with van der Waals surface area (Å²) in [6, 6.07) is 14.8. The number of carbonyl (C=O) groups is 2. The molecule has 0 spiro atoms. The maximum atomic E-state index is 12.8. The van der Waals surface area contributed by atoms with Gasteiger partial charge in [0.05, 0.1) is 16.0 Å². The van der Waals surface area contributed by atoms with Crippen molar-refractivity contribution >= 4 is 38.5 Å². The van der Waals surface area contributed by atoms with Crippen LogP contribution >= 0.6 is 0 Å². The summed E-state index contributed by atoms with van der Waals surface area (Å²) in [7, 11) is -3.58. The first kappa shape index (κ1) is 25.3. The number of hydrogen-bond acceptors (Lipinski definition) is 6. The molecule has 0 bridgehead atoms. The number of anilines is 1. The topological polar surface area (TPSA) is 106 Å². The number of nitrogens with one attached hydrogen (secondary N) is 1. The molecule has 180 valence electrons. The van der Waals surface area contributed by atoms with E-state index in [1.54, 1.807) is 26.0 Å². The van der Waals surface area contributed by atoms with Gasteiger partial charge in [-0.1, -0.05) is 45.9 Å². The van der Waals surface area contributed by atoms with Gasteiger partial charge in [-0.15, -0.1) is 0 Å². The molecule has 0 fully saturated rings. The minimum atomic E-state index is -3.58. The number of benzene rings is 2. The first-order chi connectivity index (χ1) is 16.2. The van der Waals surface area contributed by atoms with Gasteiger partial charge in [-0.05, 0) is 42.3 Å². The van der Waals surface area contributed by atoms with Crippen LogP contribution in [-0.2, 0) is 19.6 Å². The van der Waals surface area contributed by atoms with Crippen LogP contribution < -0.4 is 5.32 Å². The number of para-hydroxylation sites is 1. The van der Waals surface area contributed by atoms with Gasteiger partial charge in [0.1, 0.15) is 0 Å². The maximum Gasteiger partial charge on any atom is 0.339 e. The van der Waals surface area contributed by atoms with Crippen LogP contribution in [0.15, 0.2) is 59.5 Å². The second kappa shape index (κ2) is 10.8. The van der Waals surface area contributed by atoms with Crippen LogP contribution in [0.1, 0.15) is 49.7 Å². The predicted octanol–water partition coefficient (Wildman–Crippen LogP) is 4.18. The van der Waals surface area contributed by atoms with Crippen molar-refractivity contribution in [2.24, 2.45) is 0 Å². The van der Waals surface area contributed by atoms with E-state index < -0.39 is 28.5 Å². The van der Waals surface area contributed by atoms with Crippen molar-refractivity contribution in [1.82, 2.24) is 9.29 Å². The van der Waals surface area contributed by atoms with Crippen LogP contribution in [0.4, 0.5) is 5.69 Å². The Balaban J connectivity index is 1.67.